The fourth-order valence-corrected chi connectivity index (χ4v) is 1.07. The number of nitrogens with zero attached hydrogens (tertiary/aromatic N) is 1. The van der Waals surface area contributed by atoms with Gasteiger partial charge in [0, 0.05) is 18.3 Å². The minimum absolute atomic E-state index is 0.382. The summed E-state index contributed by atoms with van der Waals surface area (Å²) in [6.07, 6.45) is 6.31. The van der Waals surface area contributed by atoms with Crippen LogP contribution in [0.15, 0.2) is 16.8 Å². The van der Waals surface area contributed by atoms with Gasteiger partial charge in [-0.3, -0.25) is 4.99 Å². The molecule has 1 heterocycles. The maximum atomic E-state index is 4.26. The van der Waals surface area contributed by atoms with E-state index in [2.05, 4.69) is 31.8 Å². The van der Waals surface area contributed by atoms with Gasteiger partial charge in [-0.25, -0.2) is 0 Å². The summed E-state index contributed by atoms with van der Waals surface area (Å²) in [4.78, 5) is 4.26. The Morgan fingerprint density at radius 2 is 2.20 bits per heavy atom. The van der Waals surface area contributed by atoms with E-state index in [9.17, 15) is 0 Å². The highest BCUT2D eigenvalue weighted by Gasteiger charge is 2.13. The Morgan fingerprint density at radius 1 is 1.50 bits per heavy atom. The third kappa shape index (κ3) is 2.34. The molecule has 0 spiro atoms. The molecule has 1 heteroatoms. The first-order chi connectivity index (χ1) is 4.58. The summed E-state index contributed by atoms with van der Waals surface area (Å²) in [5.41, 5.74) is 1.64. The van der Waals surface area contributed by atoms with Gasteiger partial charge >= 0.3 is 0 Å². The first kappa shape index (κ1) is 7.52. The molecule has 0 aromatic rings. The van der Waals surface area contributed by atoms with E-state index in [1.807, 2.05) is 6.21 Å². The average Bonchev–Trinajstić information content (AvgIpc) is 2.12. The predicted molar refractivity (Wildman–Crippen MR) is 45.3 cm³/mol. The molecule has 0 aromatic carbocycles. The summed E-state index contributed by atoms with van der Waals surface area (Å²) in [7, 11) is 0. The lowest BCUT2D eigenvalue weighted by atomic mass is 9.91. The Kier molecular flexibility index (Phi) is 1.93. The van der Waals surface area contributed by atoms with Crippen LogP contribution in [0.1, 0.15) is 33.6 Å². The van der Waals surface area contributed by atoms with Crippen molar-refractivity contribution in [3.63, 3.8) is 0 Å². The van der Waals surface area contributed by atoms with Crippen molar-refractivity contribution in [2.24, 2.45) is 10.4 Å². The minimum Gasteiger partial charge on any atom is -0.266 e. The highest BCUT2D eigenvalue weighted by Crippen LogP contribution is 2.25. The number of hydrogen-bond acceptors (Lipinski definition) is 1. The van der Waals surface area contributed by atoms with Gasteiger partial charge in [0.15, 0.2) is 0 Å². The van der Waals surface area contributed by atoms with Crippen LogP contribution < -0.4 is 0 Å². The Morgan fingerprint density at radius 3 is 2.60 bits per heavy atom. The van der Waals surface area contributed by atoms with E-state index >= 15 is 0 Å². The number of rotatable bonds is 1. The second-order valence-corrected chi connectivity index (χ2v) is 3.98. The second kappa shape index (κ2) is 2.57. The van der Waals surface area contributed by atoms with Crippen LogP contribution in [0.5, 0.6) is 0 Å². The van der Waals surface area contributed by atoms with Gasteiger partial charge < -0.3 is 0 Å². The van der Waals surface area contributed by atoms with E-state index in [-0.39, 0.29) is 0 Å². The summed E-state index contributed by atoms with van der Waals surface area (Å²) >= 11 is 0. The van der Waals surface area contributed by atoms with Crippen LogP contribution >= 0.6 is 0 Å². The Labute approximate surface area is 62.9 Å². The van der Waals surface area contributed by atoms with Gasteiger partial charge in [-0.15, -0.1) is 0 Å². The number of aliphatic imine (C=N–C) groups is 1. The summed E-state index contributed by atoms with van der Waals surface area (Å²) in [6, 6.07) is 0. The molecule has 0 radical (unpaired) electrons. The molecule has 0 aromatic heterocycles. The molecular formula is C9H15N. The Hall–Kier alpha value is -0.590. The minimum atomic E-state index is 0.382. The van der Waals surface area contributed by atoms with Crippen LogP contribution in [0, 0.1) is 5.41 Å². The normalized spacial score (nSPS) is 17.7. The summed E-state index contributed by atoms with van der Waals surface area (Å²) in [5.74, 6) is 0. The fourth-order valence-electron chi connectivity index (χ4n) is 1.07. The average molecular weight is 137 g/mol. The molecule has 1 rings (SSSR count). The van der Waals surface area contributed by atoms with Crippen molar-refractivity contribution < 1.29 is 0 Å². The van der Waals surface area contributed by atoms with Gasteiger partial charge in [0.1, 0.15) is 0 Å². The van der Waals surface area contributed by atoms with E-state index in [1.54, 1.807) is 0 Å². The van der Waals surface area contributed by atoms with E-state index < -0.39 is 0 Å². The fraction of sp³-hybridized carbons (Fsp3) is 0.667. The molecule has 0 bridgehead atoms. The maximum absolute atomic E-state index is 4.26. The van der Waals surface area contributed by atoms with E-state index in [4.69, 9.17) is 0 Å². The lowest BCUT2D eigenvalue weighted by molar-refractivity contribution is 0.408. The monoisotopic (exact) mass is 137 g/mol. The maximum Gasteiger partial charge on any atom is 0.0368 e. The second-order valence-electron chi connectivity index (χ2n) is 3.98. The third-order valence-electron chi connectivity index (χ3n) is 1.43. The lowest BCUT2D eigenvalue weighted by Gasteiger charge is -2.16. The zero-order valence-electron chi connectivity index (χ0n) is 7.02. The van der Waals surface area contributed by atoms with Crippen LogP contribution in [0.3, 0.4) is 0 Å². The van der Waals surface area contributed by atoms with Crippen LogP contribution in [0.2, 0.25) is 0 Å². The molecule has 10 heavy (non-hydrogen) atoms. The van der Waals surface area contributed by atoms with Crippen molar-refractivity contribution in [1.29, 1.82) is 0 Å². The predicted octanol–water partition coefficient (Wildman–Crippen LogP) is 2.78. The molecule has 56 valence electrons. The van der Waals surface area contributed by atoms with Gasteiger partial charge in [-0.05, 0) is 11.8 Å². The molecule has 0 atom stereocenters. The molecule has 1 aliphatic heterocycles. The summed E-state index contributed by atoms with van der Waals surface area (Å²) in [5, 5.41) is 0. The first-order valence-corrected chi connectivity index (χ1v) is 3.79. The molecule has 0 N–H and O–H groups in total. The molecule has 1 aliphatic rings. The molecule has 0 saturated heterocycles. The Bertz CT molecular complexity index is 170. The molecule has 0 aliphatic carbocycles. The van der Waals surface area contributed by atoms with E-state index in [0.717, 1.165) is 12.8 Å². The van der Waals surface area contributed by atoms with Crippen LogP contribution in [-0.2, 0) is 0 Å². The van der Waals surface area contributed by atoms with Gasteiger partial charge in [0.2, 0.25) is 0 Å². The van der Waals surface area contributed by atoms with E-state index in [1.165, 1.54) is 5.70 Å². The lowest BCUT2D eigenvalue weighted by Crippen LogP contribution is -2.04. The number of hydrogen-bond donors (Lipinski definition) is 0. The zero-order chi connectivity index (χ0) is 7.61. The topological polar surface area (TPSA) is 12.4 Å². The van der Waals surface area contributed by atoms with Crippen molar-refractivity contribution in [3.05, 3.63) is 11.8 Å². The summed E-state index contributed by atoms with van der Waals surface area (Å²) < 4.78 is 0. The largest absolute Gasteiger partial charge is 0.266 e. The SMILES string of the molecule is CC(C)(C)CC1=CCC=N1. The molecule has 0 amide bonds. The number of allylic oxidation sites excluding steroid dienone is 2. The first-order valence-electron chi connectivity index (χ1n) is 3.79. The standard InChI is InChI=1S/C9H15N/c1-9(2,3)7-8-5-4-6-10-8/h5-6H,4,7H2,1-3H3. The van der Waals surface area contributed by atoms with Crippen molar-refractivity contribution in [3.8, 4) is 0 Å². The van der Waals surface area contributed by atoms with Crippen LogP contribution in [0.4, 0.5) is 0 Å². The van der Waals surface area contributed by atoms with Gasteiger partial charge in [0.25, 0.3) is 0 Å². The quantitative estimate of drug-likeness (QED) is 0.527. The smallest absolute Gasteiger partial charge is 0.0368 e. The highest BCUT2D eigenvalue weighted by molar-refractivity contribution is 5.64. The third-order valence-corrected chi connectivity index (χ3v) is 1.43. The van der Waals surface area contributed by atoms with Gasteiger partial charge in [-0.1, -0.05) is 26.8 Å². The molecule has 1 nitrogen and oxygen atoms in total. The van der Waals surface area contributed by atoms with Gasteiger partial charge in [0.05, 0.1) is 0 Å². The van der Waals surface area contributed by atoms with E-state index in [0.29, 0.717) is 5.41 Å². The summed E-state index contributed by atoms with van der Waals surface area (Å²) in [6.45, 7) is 6.71. The van der Waals surface area contributed by atoms with Crippen molar-refractivity contribution in [1.82, 2.24) is 0 Å². The van der Waals surface area contributed by atoms with Crippen molar-refractivity contribution >= 4 is 6.21 Å². The molecule has 0 saturated carbocycles. The zero-order valence-corrected chi connectivity index (χ0v) is 7.02. The molecular weight excluding hydrogens is 122 g/mol. The van der Waals surface area contributed by atoms with Crippen molar-refractivity contribution in [2.75, 3.05) is 0 Å². The van der Waals surface area contributed by atoms with Gasteiger partial charge in [-0.2, -0.15) is 0 Å². The Balaban J connectivity index is 2.46. The molecule has 0 unspecified atom stereocenters. The highest BCUT2D eigenvalue weighted by atomic mass is 14.7. The molecule has 0 fully saturated rings. The van der Waals surface area contributed by atoms with Crippen LogP contribution in [0.25, 0.3) is 0 Å². The van der Waals surface area contributed by atoms with Crippen molar-refractivity contribution in [2.45, 2.75) is 33.6 Å². The van der Waals surface area contributed by atoms with Crippen LogP contribution in [-0.4, -0.2) is 6.21 Å².